The van der Waals surface area contributed by atoms with Gasteiger partial charge in [0.25, 0.3) is 0 Å². The summed E-state index contributed by atoms with van der Waals surface area (Å²) in [5.74, 6) is -2.20. The van der Waals surface area contributed by atoms with Gasteiger partial charge in [-0.3, -0.25) is 0 Å². The molecule has 4 aromatic rings. The van der Waals surface area contributed by atoms with Crippen LogP contribution in [0.1, 0.15) is 61.7 Å². The van der Waals surface area contributed by atoms with Gasteiger partial charge in [0.1, 0.15) is 6.10 Å². The van der Waals surface area contributed by atoms with E-state index in [0.29, 0.717) is 31.8 Å². The van der Waals surface area contributed by atoms with Crippen molar-refractivity contribution in [2.75, 3.05) is 0 Å². The summed E-state index contributed by atoms with van der Waals surface area (Å²) in [5, 5.41) is 1.41. The number of ether oxygens (including phenoxy) is 2. The molecule has 39 heavy (non-hydrogen) atoms. The molecule has 0 radical (unpaired) electrons. The molecule has 0 saturated heterocycles. The Kier molecular flexibility index (Phi) is 7.99. The van der Waals surface area contributed by atoms with Gasteiger partial charge in [0.2, 0.25) is 0 Å². The number of hydrogen-bond donors (Lipinski definition) is 0. The van der Waals surface area contributed by atoms with Crippen LogP contribution in [0.25, 0.3) is 0 Å². The molecule has 4 aromatic carbocycles. The first-order valence-electron chi connectivity index (χ1n) is 12.5. The molecule has 0 spiro atoms. The summed E-state index contributed by atoms with van der Waals surface area (Å²) in [7, 11) is 0. The Hall–Kier alpha value is -3.31. The van der Waals surface area contributed by atoms with E-state index < -0.39 is 36.0 Å². The quantitative estimate of drug-likeness (QED) is 0.222. The normalized spacial score (nSPS) is 20.1. The van der Waals surface area contributed by atoms with Crippen LogP contribution < -0.4 is 0 Å². The predicted octanol–water partition coefficient (Wildman–Crippen LogP) is 8.66. The molecule has 5 rings (SSSR count). The van der Waals surface area contributed by atoms with Crippen molar-refractivity contribution >= 4 is 46.7 Å². The number of benzene rings is 4. The van der Waals surface area contributed by atoms with Crippen molar-refractivity contribution in [3.63, 3.8) is 0 Å². The van der Waals surface area contributed by atoms with Crippen LogP contribution in [-0.2, 0) is 9.47 Å². The highest BCUT2D eigenvalue weighted by Crippen LogP contribution is 2.52. The summed E-state index contributed by atoms with van der Waals surface area (Å²) in [6.45, 7) is 3.82. The van der Waals surface area contributed by atoms with Crippen molar-refractivity contribution in [1.82, 2.24) is 0 Å². The third kappa shape index (κ3) is 5.29. The average molecular weight is 580 g/mol. The summed E-state index contributed by atoms with van der Waals surface area (Å²) < 4.78 is 12.4. The number of aryl methyl sites for hydroxylation is 1. The lowest BCUT2D eigenvalue weighted by molar-refractivity contribution is -0.0532. The number of carbonyl (C=O) groups is 2. The van der Waals surface area contributed by atoms with Gasteiger partial charge in [0.05, 0.1) is 17.0 Å². The maximum atomic E-state index is 13.5. The predicted molar refractivity (Wildman–Crippen MR) is 154 cm³/mol. The standard InChI is InChI=1S/C32H25Cl3O4/c1-18-10-9-15-22(33)25(18)28-27-24(35)17-16-23(34)26(27)19(2)29(38-31(36)20-11-5-3-6-12-20)30(28)39-32(37)21-13-7-4-8-14-21/h3-17,19,28-30H,1-2H3. The monoisotopic (exact) mass is 578 g/mol. The Labute approximate surface area is 242 Å². The highest BCUT2D eigenvalue weighted by atomic mass is 35.5. The van der Waals surface area contributed by atoms with Crippen LogP contribution in [0.15, 0.2) is 91.0 Å². The van der Waals surface area contributed by atoms with Crippen LogP contribution in [0, 0.1) is 6.92 Å². The Bertz CT molecular complexity index is 1500. The third-order valence-corrected chi connectivity index (χ3v) is 8.17. The van der Waals surface area contributed by atoms with Gasteiger partial charge >= 0.3 is 11.9 Å². The van der Waals surface area contributed by atoms with E-state index in [1.165, 1.54) is 0 Å². The first-order chi connectivity index (χ1) is 18.8. The Morgan fingerprint density at radius 3 is 1.62 bits per heavy atom. The van der Waals surface area contributed by atoms with Gasteiger partial charge in [-0.2, -0.15) is 0 Å². The van der Waals surface area contributed by atoms with Crippen molar-refractivity contribution in [3.8, 4) is 0 Å². The number of rotatable bonds is 5. The summed E-state index contributed by atoms with van der Waals surface area (Å²) in [4.78, 5) is 26.8. The fraction of sp³-hybridized carbons (Fsp3) is 0.188. The van der Waals surface area contributed by atoms with Gasteiger partial charge < -0.3 is 9.47 Å². The molecule has 1 aliphatic carbocycles. The van der Waals surface area contributed by atoms with E-state index in [0.717, 1.165) is 16.7 Å². The molecule has 0 aliphatic heterocycles. The van der Waals surface area contributed by atoms with E-state index in [4.69, 9.17) is 44.3 Å². The number of esters is 2. The molecular formula is C32H25Cl3O4. The van der Waals surface area contributed by atoms with E-state index in [2.05, 4.69) is 0 Å². The Morgan fingerprint density at radius 1 is 0.590 bits per heavy atom. The van der Waals surface area contributed by atoms with Gasteiger partial charge in [-0.25, -0.2) is 9.59 Å². The van der Waals surface area contributed by atoms with E-state index in [9.17, 15) is 9.59 Å². The molecule has 0 saturated carbocycles. The summed E-state index contributed by atoms with van der Waals surface area (Å²) >= 11 is 20.4. The van der Waals surface area contributed by atoms with Crippen LogP contribution in [0.3, 0.4) is 0 Å². The lowest BCUT2D eigenvalue weighted by Gasteiger charge is -2.43. The van der Waals surface area contributed by atoms with E-state index >= 15 is 0 Å². The molecule has 1 aliphatic rings. The fourth-order valence-electron chi connectivity index (χ4n) is 5.35. The van der Waals surface area contributed by atoms with Crippen molar-refractivity contribution < 1.29 is 19.1 Å². The molecule has 0 aromatic heterocycles. The van der Waals surface area contributed by atoms with E-state index in [1.54, 1.807) is 66.7 Å². The highest BCUT2D eigenvalue weighted by molar-refractivity contribution is 6.34. The zero-order chi connectivity index (χ0) is 27.7. The fourth-order valence-corrected chi connectivity index (χ4v) is 6.31. The number of hydrogen-bond acceptors (Lipinski definition) is 4. The molecule has 7 heteroatoms. The first kappa shape index (κ1) is 27.3. The van der Waals surface area contributed by atoms with Crippen molar-refractivity contribution in [3.05, 3.63) is 139 Å². The Balaban J connectivity index is 1.71. The topological polar surface area (TPSA) is 52.6 Å². The SMILES string of the molecule is Cc1cccc(Cl)c1C1c2c(Cl)ccc(Cl)c2C(C)C(OC(=O)c2ccccc2)C1OC(=O)c1ccccc1. The van der Waals surface area contributed by atoms with Crippen molar-refractivity contribution in [2.24, 2.45) is 0 Å². The minimum Gasteiger partial charge on any atom is -0.454 e. The molecule has 0 amide bonds. The van der Waals surface area contributed by atoms with Gasteiger partial charge in [0.15, 0.2) is 6.10 Å². The lowest BCUT2D eigenvalue weighted by Crippen LogP contribution is -2.47. The average Bonchev–Trinajstić information content (AvgIpc) is 2.94. The zero-order valence-electron chi connectivity index (χ0n) is 21.2. The minimum atomic E-state index is -0.956. The zero-order valence-corrected chi connectivity index (χ0v) is 23.5. The molecular weight excluding hydrogens is 555 g/mol. The second-order valence-electron chi connectivity index (χ2n) is 9.57. The van der Waals surface area contributed by atoms with Gasteiger partial charge in [0, 0.05) is 21.0 Å². The van der Waals surface area contributed by atoms with Gasteiger partial charge in [-0.05, 0) is 71.6 Å². The molecule has 4 atom stereocenters. The van der Waals surface area contributed by atoms with Crippen LogP contribution >= 0.6 is 34.8 Å². The highest BCUT2D eigenvalue weighted by Gasteiger charge is 2.49. The molecule has 0 bridgehead atoms. The van der Waals surface area contributed by atoms with Gasteiger partial charge in [-0.15, -0.1) is 0 Å². The van der Waals surface area contributed by atoms with Crippen LogP contribution in [0.5, 0.6) is 0 Å². The minimum absolute atomic E-state index is 0.371. The summed E-state index contributed by atoms with van der Waals surface area (Å²) in [6, 6.07) is 26.4. The number of fused-ring (bicyclic) bond motifs is 1. The maximum absolute atomic E-state index is 13.5. The smallest absolute Gasteiger partial charge is 0.338 e. The second-order valence-corrected chi connectivity index (χ2v) is 10.8. The first-order valence-corrected chi connectivity index (χ1v) is 13.7. The molecule has 0 N–H and O–H groups in total. The molecule has 4 nitrogen and oxygen atoms in total. The molecule has 0 fully saturated rings. The molecule has 198 valence electrons. The van der Waals surface area contributed by atoms with Crippen molar-refractivity contribution in [2.45, 2.75) is 37.9 Å². The van der Waals surface area contributed by atoms with Gasteiger partial charge in [-0.1, -0.05) is 90.3 Å². The number of halogens is 3. The molecule has 4 unspecified atom stereocenters. The van der Waals surface area contributed by atoms with Crippen LogP contribution in [-0.4, -0.2) is 24.1 Å². The van der Waals surface area contributed by atoms with Crippen molar-refractivity contribution in [1.29, 1.82) is 0 Å². The van der Waals surface area contributed by atoms with Crippen LogP contribution in [0.2, 0.25) is 15.1 Å². The van der Waals surface area contributed by atoms with E-state index in [-0.39, 0.29) is 0 Å². The number of carbonyl (C=O) groups excluding carboxylic acids is 2. The second kappa shape index (κ2) is 11.4. The van der Waals surface area contributed by atoms with Crippen LogP contribution in [0.4, 0.5) is 0 Å². The maximum Gasteiger partial charge on any atom is 0.338 e. The Morgan fingerprint density at radius 2 is 1.08 bits per heavy atom. The lowest BCUT2D eigenvalue weighted by atomic mass is 9.70. The van der Waals surface area contributed by atoms with E-state index in [1.807, 2.05) is 38.1 Å². The third-order valence-electron chi connectivity index (χ3n) is 7.18. The molecule has 0 heterocycles. The summed E-state index contributed by atoms with van der Waals surface area (Å²) in [5.41, 5.74) is 3.78. The summed E-state index contributed by atoms with van der Waals surface area (Å²) in [6.07, 6.45) is -1.85. The largest absolute Gasteiger partial charge is 0.454 e.